The molecule has 116 valence electrons. The number of hydrogen-bond donors (Lipinski definition) is 1. The van der Waals surface area contributed by atoms with Gasteiger partial charge in [0.1, 0.15) is 5.75 Å². The Balaban J connectivity index is 1.60. The monoisotopic (exact) mass is 292 g/mol. The molecular weight excluding hydrogens is 268 g/mol. The summed E-state index contributed by atoms with van der Waals surface area (Å²) in [5, 5.41) is 2.95. The molecule has 1 amide bonds. The Morgan fingerprint density at radius 2 is 1.95 bits per heavy atom. The minimum absolute atomic E-state index is 0.0241. The molecule has 2 rings (SSSR count). The molecule has 1 aliphatic heterocycles. The largest absolute Gasteiger partial charge is 0.497 e. The number of morpholine rings is 1. The van der Waals surface area contributed by atoms with Crippen LogP contribution in [-0.2, 0) is 4.74 Å². The Labute approximate surface area is 126 Å². The summed E-state index contributed by atoms with van der Waals surface area (Å²) in [5.74, 6) is 0.737. The first kappa shape index (κ1) is 15.8. The van der Waals surface area contributed by atoms with Crippen LogP contribution in [0.15, 0.2) is 24.3 Å². The van der Waals surface area contributed by atoms with E-state index >= 15 is 0 Å². The molecule has 1 aromatic rings. The van der Waals surface area contributed by atoms with Crippen molar-refractivity contribution in [2.24, 2.45) is 0 Å². The van der Waals surface area contributed by atoms with Crippen LogP contribution in [0.4, 0.5) is 0 Å². The van der Waals surface area contributed by atoms with E-state index in [1.165, 1.54) is 0 Å². The molecule has 5 heteroatoms. The number of benzene rings is 1. The molecule has 0 unspecified atom stereocenters. The highest BCUT2D eigenvalue weighted by atomic mass is 16.5. The fourth-order valence-electron chi connectivity index (χ4n) is 2.33. The van der Waals surface area contributed by atoms with Crippen molar-refractivity contribution in [3.8, 4) is 5.75 Å². The Kier molecular flexibility index (Phi) is 6.50. The molecule has 1 aliphatic rings. The second-order valence-electron chi connectivity index (χ2n) is 5.15. The van der Waals surface area contributed by atoms with Gasteiger partial charge < -0.3 is 14.8 Å². The summed E-state index contributed by atoms with van der Waals surface area (Å²) in [4.78, 5) is 14.3. The van der Waals surface area contributed by atoms with Crippen molar-refractivity contribution in [1.29, 1.82) is 0 Å². The lowest BCUT2D eigenvalue weighted by Gasteiger charge is -2.26. The van der Waals surface area contributed by atoms with Crippen LogP contribution in [0.3, 0.4) is 0 Å². The highest BCUT2D eigenvalue weighted by molar-refractivity contribution is 5.94. The number of amides is 1. The fraction of sp³-hybridized carbons (Fsp3) is 0.562. The van der Waals surface area contributed by atoms with E-state index in [0.717, 1.165) is 58.0 Å². The van der Waals surface area contributed by atoms with Gasteiger partial charge in [0.25, 0.3) is 5.91 Å². The van der Waals surface area contributed by atoms with E-state index in [1.807, 2.05) is 0 Å². The molecule has 0 bridgehead atoms. The summed E-state index contributed by atoms with van der Waals surface area (Å²) < 4.78 is 10.4. The standard InChI is InChI=1S/C16H24N2O3/c1-20-15-6-4-14(5-7-15)16(19)17-8-2-3-9-18-10-12-21-13-11-18/h4-7H,2-3,8-13H2,1H3,(H,17,19). The maximum absolute atomic E-state index is 11.9. The fourth-order valence-corrected chi connectivity index (χ4v) is 2.33. The third-order valence-electron chi connectivity index (χ3n) is 3.64. The molecule has 1 saturated heterocycles. The maximum Gasteiger partial charge on any atom is 0.251 e. The Morgan fingerprint density at radius 1 is 1.24 bits per heavy atom. The van der Waals surface area contributed by atoms with Gasteiger partial charge >= 0.3 is 0 Å². The minimum Gasteiger partial charge on any atom is -0.497 e. The van der Waals surface area contributed by atoms with E-state index in [2.05, 4.69) is 10.2 Å². The van der Waals surface area contributed by atoms with Gasteiger partial charge in [-0.2, -0.15) is 0 Å². The zero-order chi connectivity index (χ0) is 14.9. The number of carbonyl (C=O) groups excluding carboxylic acids is 1. The molecule has 5 nitrogen and oxygen atoms in total. The lowest BCUT2D eigenvalue weighted by Crippen LogP contribution is -2.37. The predicted molar refractivity (Wildman–Crippen MR) is 81.8 cm³/mol. The Bertz CT molecular complexity index is 428. The first-order valence-corrected chi connectivity index (χ1v) is 7.52. The molecule has 1 fully saturated rings. The third kappa shape index (κ3) is 5.36. The molecule has 0 radical (unpaired) electrons. The van der Waals surface area contributed by atoms with Crippen LogP contribution in [0.5, 0.6) is 5.75 Å². The van der Waals surface area contributed by atoms with Gasteiger partial charge in [0.05, 0.1) is 20.3 Å². The normalized spacial score (nSPS) is 15.7. The van der Waals surface area contributed by atoms with Crippen molar-refractivity contribution in [1.82, 2.24) is 10.2 Å². The van der Waals surface area contributed by atoms with Crippen LogP contribution in [0.2, 0.25) is 0 Å². The molecule has 0 spiro atoms. The molecule has 1 heterocycles. The molecule has 0 aromatic heterocycles. The van der Waals surface area contributed by atoms with Crippen LogP contribution in [0, 0.1) is 0 Å². The lowest BCUT2D eigenvalue weighted by atomic mass is 10.2. The number of nitrogens with zero attached hydrogens (tertiary/aromatic N) is 1. The molecule has 0 saturated carbocycles. The second-order valence-corrected chi connectivity index (χ2v) is 5.15. The minimum atomic E-state index is -0.0241. The van der Waals surface area contributed by atoms with Crippen molar-refractivity contribution in [3.05, 3.63) is 29.8 Å². The number of ether oxygens (including phenoxy) is 2. The van der Waals surface area contributed by atoms with Gasteiger partial charge in [-0.05, 0) is 43.7 Å². The zero-order valence-electron chi connectivity index (χ0n) is 12.6. The first-order valence-electron chi connectivity index (χ1n) is 7.52. The van der Waals surface area contributed by atoms with E-state index in [1.54, 1.807) is 31.4 Å². The molecular formula is C16H24N2O3. The van der Waals surface area contributed by atoms with Crippen LogP contribution in [0.25, 0.3) is 0 Å². The van der Waals surface area contributed by atoms with Gasteiger partial charge in [-0.1, -0.05) is 0 Å². The first-order chi connectivity index (χ1) is 10.3. The topological polar surface area (TPSA) is 50.8 Å². The van der Waals surface area contributed by atoms with Gasteiger partial charge in [-0.25, -0.2) is 0 Å². The highest BCUT2D eigenvalue weighted by Crippen LogP contribution is 2.11. The van der Waals surface area contributed by atoms with Crippen molar-refractivity contribution >= 4 is 5.91 Å². The molecule has 1 N–H and O–H groups in total. The van der Waals surface area contributed by atoms with Crippen LogP contribution < -0.4 is 10.1 Å². The molecule has 1 aromatic carbocycles. The predicted octanol–water partition coefficient (Wildman–Crippen LogP) is 1.54. The van der Waals surface area contributed by atoms with Crippen LogP contribution >= 0.6 is 0 Å². The summed E-state index contributed by atoms with van der Waals surface area (Å²) in [6, 6.07) is 7.16. The van der Waals surface area contributed by atoms with Gasteiger partial charge in [-0.3, -0.25) is 9.69 Å². The van der Waals surface area contributed by atoms with Gasteiger partial charge in [0.15, 0.2) is 0 Å². The average molecular weight is 292 g/mol. The summed E-state index contributed by atoms with van der Waals surface area (Å²) in [5.41, 5.74) is 0.670. The van der Waals surface area contributed by atoms with Crippen LogP contribution in [-0.4, -0.2) is 57.3 Å². The summed E-state index contributed by atoms with van der Waals surface area (Å²) in [6.07, 6.45) is 2.10. The number of hydrogen-bond acceptors (Lipinski definition) is 4. The van der Waals surface area contributed by atoms with E-state index in [9.17, 15) is 4.79 Å². The second kappa shape index (κ2) is 8.64. The third-order valence-corrected chi connectivity index (χ3v) is 3.64. The van der Waals surface area contributed by atoms with E-state index in [4.69, 9.17) is 9.47 Å². The molecule has 0 aliphatic carbocycles. The number of unbranched alkanes of at least 4 members (excludes halogenated alkanes) is 1. The van der Waals surface area contributed by atoms with Gasteiger partial charge in [-0.15, -0.1) is 0 Å². The van der Waals surface area contributed by atoms with E-state index < -0.39 is 0 Å². The van der Waals surface area contributed by atoms with E-state index in [-0.39, 0.29) is 5.91 Å². The molecule has 0 atom stereocenters. The van der Waals surface area contributed by atoms with Crippen LogP contribution in [0.1, 0.15) is 23.2 Å². The Morgan fingerprint density at radius 3 is 2.62 bits per heavy atom. The van der Waals surface area contributed by atoms with Crippen molar-refractivity contribution < 1.29 is 14.3 Å². The number of methoxy groups -OCH3 is 1. The van der Waals surface area contributed by atoms with Crippen molar-refractivity contribution in [2.75, 3.05) is 46.5 Å². The lowest BCUT2D eigenvalue weighted by molar-refractivity contribution is 0.0372. The smallest absolute Gasteiger partial charge is 0.251 e. The number of rotatable bonds is 7. The Hall–Kier alpha value is -1.59. The van der Waals surface area contributed by atoms with Gasteiger partial charge in [0, 0.05) is 25.2 Å². The summed E-state index contributed by atoms with van der Waals surface area (Å²) >= 11 is 0. The molecule has 21 heavy (non-hydrogen) atoms. The SMILES string of the molecule is COc1ccc(C(=O)NCCCCN2CCOCC2)cc1. The van der Waals surface area contributed by atoms with Crippen molar-refractivity contribution in [2.45, 2.75) is 12.8 Å². The van der Waals surface area contributed by atoms with Crippen molar-refractivity contribution in [3.63, 3.8) is 0 Å². The highest BCUT2D eigenvalue weighted by Gasteiger charge is 2.09. The summed E-state index contributed by atoms with van der Waals surface area (Å²) in [7, 11) is 1.61. The number of carbonyl (C=O) groups is 1. The zero-order valence-corrected chi connectivity index (χ0v) is 12.6. The average Bonchev–Trinajstić information content (AvgIpc) is 2.55. The summed E-state index contributed by atoms with van der Waals surface area (Å²) in [6.45, 7) is 5.54. The van der Waals surface area contributed by atoms with Gasteiger partial charge in [0.2, 0.25) is 0 Å². The quantitative estimate of drug-likeness (QED) is 0.775. The van der Waals surface area contributed by atoms with E-state index in [0.29, 0.717) is 5.56 Å². The maximum atomic E-state index is 11.9. The number of nitrogens with one attached hydrogen (secondary N) is 1.